The number of nitrogens with zero attached hydrogens (tertiary/aromatic N) is 2. The Balaban J connectivity index is 2.92. The molecule has 0 aromatic carbocycles. The first kappa shape index (κ1) is 14.1. The third-order valence-corrected chi connectivity index (χ3v) is 3.17. The van der Waals surface area contributed by atoms with Crippen LogP contribution < -0.4 is 5.32 Å². The van der Waals surface area contributed by atoms with Crippen LogP contribution in [0.1, 0.15) is 51.4 Å². The molecule has 0 aliphatic heterocycles. The molecule has 98 valence electrons. The van der Waals surface area contributed by atoms with Crippen molar-refractivity contribution in [3.8, 4) is 0 Å². The zero-order valence-electron chi connectivity index (χ0n) is 11.5. The van der Waals surface area contributed by atoms with Gasteiger partial charge in [0.05, 0.1) is 5.92 Å². The van der Waals surface area contributed by atoms with Crippen molar-refractivity contribution < 1.29 is 9.26 Å². The van der Waals surface area contributed by atoms with Crippen LogP contribution in [-0.2, 0) is 4.74 Å². The summed E-state index contributed by atoms with van der Waals surface area (Å²) in [6.07, 6.45) is -0.134. The van der Waals surface area contributed by atoms with Gasteiger partial charge in [0.2, 0.25) is 5.89 Å². The average Bonchev–Trinajstić information content (AvgIpc) is 2.76. The quantitative estimate of drug-likeness (QED) is 0.826. The van der Waals surface area contributed by atoms with Crippen LogP contribution in [0.5, 0.6) is 0 Å². The van der Waals surface area contributed by atoms with E-state index in [4.69, 9.17) is 9.26 Å². The molecule has 0 radical (unpaired) electrons. The van der Waals surface area contributed by atoms with Gasteiger partial charge in [-0.3, -0.25) is 0 Å². The van der Waals surface area contributed by atoms with E-state index in [1.807, 2.05) is 14.0 Å². The summed E-state index contributed by atoms with van der Waals surface area (Å²) in [6.45, 7) is 8.33. The summed E-state index contributed by atoms with van der Waals surface area (Å²) in [5, 5.41) is 7.21. The van der Waals surface area contributed by atoms with Crippen LogP contribution in [0.15, 0.2) is 4.52 Å². The second-order valence-corrected chi connectivity index (χ2v) is 4.72. The first-order valence-electron chi connectivity index (χ1n) is 6.04. The Morgan fingerprint density at radius 2 is 1.88 bits per heavy atom. The molecular formula is C12H23N3O2. The van der Waals surface area contributed by atoms with E-state index in [9.17, 15) is 0 Å². The monoisotopic (exact) mass is 241 g/mol. The molecule has 0 aliphatic carbocycles. The molecule has 0 saturated carbocycles. The van der Waals surface area contributed by atoms with Gasteiger partial charge in [0.15, 0.2) is 5.82 Å². The average molecular weight is 241 g/mol. The van der Waals surface area contributed by atoms with Crippen LogP contribution in [0.4, 0.5) is 0 Å². The lowest BCUT2D eigenvalue weighted by Crippen LogP contribution is -2.32. The molecule has 0 spiro atoms. The Labute approximate surface area is 103 Å². The van der Waals surface area contributed by atoms with E-state index in [0.29, 0.717) is 23.7 Å². The largest absolute Gasteiger partial charge is 0.374 e. The second kappa shape index (κ2) is 6.12. The van der Waals surface area contributed by atoms with E-state index in [1.54, 1.807) is 7.11 Å². The molecule has 0 aliphatic rings. The molecule has 1 aromatic rings. The molecular weight excluding hydrogens is 218 g/mol. The molecule has 0 amide bonds. The molecule has 17 heavy (non-hydrogen) atoms. The minimum Gasteiger partial charge on any atom is -0.374 e. The van der Waals surface area contributed by atoms with Crippen LogP contribution in [0, 0.1) is 5.92 Å². The highest BCUT2D eigenvalue weighted by Gasteiger charge is 2.28. The maximum Gasteiger partial charge on any atom is 0.231 e. The number of hydrogen-bond acceptors (Lipinski definition) is 5. The van der Waals surface area contributed by atoms with Gasteiger partial charge < -0.3 is 14.6 Å². The normalized spacial score (nSPS) is 17.1. The number of rotatable bonds is 6. The third kappa shape index (κ3) is 3.26. The van der Waals surface area contributed by atoms with Gasteiger partial charge >= 0.3 is 0 Å². The van der Waals surface area contributed by atoms with Gasteiger partial charge in [-0.25, -0.2) is 0 Å². The molecule has 1 N–H and O–H groups in total. The molecule has 0 saturated heterocycles. The maximum atomic E-state index is 5.35. The Bertz CT molecular complexity index is 338. The topological polar surface area (TPSA) is 60.2 Å². The Kier molecular flexibility index (Phi) is 5.08. The van der Waals surface area contributed by atoms with Crippen molar-refractivity contribution in [3.63, 3.8) is 0 Å². The number of hydrogen-bond donors (Lipinski definition) is 1. The minimum absolute atomic E-state index is 0.134. The highest BCUT2D eigenvalue weighted by Crippen LogP contribution is 2.27. The van der Waals surface area contributed by atoms with Crippen molar-refractivity contribution in [2.75, 3.05) is 14.2 Å². The van der Waals surface area contributed by atoms with Crippen LogP contribution in [0.3, 0.4) is 0 Å². The molecule has 3 atom stereocenters. The van der Waals surface area contributed by atoms with Crippen LogP contribution in [0.25, 0.3) is 0 Å². The van der Waals surface area contributed by atoms with Gasteiger partial charge in [0, 0.05) is 13.2 Å². The summed E-state index contributed by atoms with van der Waals surface area (Å²) in [7, 11) is 3.58. The van der Waals surface area contributed by atoms with Crippen molar-refractivity contribution >= 4 is 0 Å². The molecule has 5 nitrogen and oxygen atoms in total. The fourth-order valence-electron chi connectivity index (χ4n) is 1.91. The number of likely N-dealkylation sites (N-methyl/N-ethyl adjacent to an activating group) is 1. The van der Waals surface area contributed by atoms with Crippen molar-refractivity contribution in [1.82, 2.24) is 15.5 Å². The summed E-state index contributed by atoms with van der Waals surface area (Å²) in [5.41, 5.74) is 0. The van der Waals surface area contributed by atoms with E-state index in [0.717, 1.165) is 0 Å². The molecule has 1 heterocycles. The summed E-state index contributed by atoms with van der Waals surface area (Å²) < 4.78 is 10.5. The van der Waals surface area contributed by atoms with Gasteiger partial charge in [-0.2, -0.15) is 4.98 Å². The Morgan fingerprint density at radius 1 is 1.24 bits per heavy atom. The van der Waals surface area contributed by atoms with Crippen molar-refractivity contribution in [1.29, 1.82) is 0 Å². The van der Waals surface area contributed by atoms with Gasteiger partial charge in [0.25, 0.3) is 0 Å². The fourth-order valence-corrected chi connectivity index (χ4v) is 1.91. The van der Waals surface area contributed by atoms with Crippen molar-refractivity contribution in [2.45, 2.75) is 45.8 Å². The summed E-state index contributed by atoms with van der Waals surface area (Å²) in [5.74, 6) is 1.94. The predicted molar refractivity (Wildman–Crippen MR) is 65.8 cm³/mol. The van der Waals surface area contributed by atoms with Gasteiger partial charge in [-0.05, 0) is 26.8 Å². The maximum absolute atomic E-state index is 5.35. The molecule has 0 bridgehead atoms. The van der Waals surface area contributed by atoms with E-state index in [-0.39, 0.29) is 12.0 Å². The molecule has 1 aromatic heterocycles. The zero-order valence-corrected chi connectivity index (χ0v) is 11.5. The van der Waals surface area contributed by atoms with Crippen LogP contribution in [-0.4, -0.2) is 30.3 Å². The highest BCUT2D eigenvalue weighted by atomic mass is 16.5. The van der Waals surface area contributed by atoms with E-state index < -0.39 is 0 Å². The first-order chi connectivity index (χ1) is 8.01. The molecule has 3 unspecified atom stereocenters. The zero-order chi connectivity index (χ0) is 13.0. The summed E-state index contributed by atoms with van der Waals surface area (Å²) >= 11 is 0. The van der Waals surface area contributed by atoms with Gasteiger partial charge in [-0.1, -0.05) is 19.0 Å². The number of methoxy groups -OCH3 is 1. The SMILES string of the molecule is CNC(C)C(c1nc(C(C)OC)no1)C(C)C. The Morgan fingerprint density at radius 3 is 2.35 bits per heavy atom. The highest BCUT2D eigenvalue weighted by molar-refractivity contribution is 5.01. The van der Waals surface area contributed by atoms with Crippen LogP contribution >= 0.6 is 0 Å². The third-order valence-electron chi connectivity index (χ3n) is 3.17. The van der Waals surface area contributed by atoms with Crippen LogP contribution in [0.2, 0.25) is 0 Å². The van der Waals surface area contributed by atoms with E-state index >= 15 is 0 Å². The molecule has 1 rings (SSSR count). The number of nitrogens with one attached hydrogen (secondary N) is 1. The van der Waals surface area contributed by atoms with Crippen molar-refractivity contribution in [3.05, 3.63) is 11.7 Å². The summed E-state index contributed by atoms with van der Waals surface area (Å²) in [4.78, 5) is 4.43. The minimum atomic E-state index is -0.134. The molecule has 0 fully saturated rings. The fraction of sp³-hybridized carbons (Fsp3) is 0.833. The first-order valence-corrected chi connectivity index (χ1v) is 6.04. The van der Waals surface area contributed by atoms with Gasteiger partial charge in [0.1, 0.15) is 6.10 Å². The lowest BCUT2D eigenvalue weighted by Gasteiger charge is -2.23. The van der Waals surface area contributed by atoms with E-state index in [2.05, 4.69) is 36.2 Å². The second-order valence-electron chi connectivity index (χ2n) is 4.72. The summed E-state index contributed by atoms with van der Waals surface area (Å²) in [6, 6.07) is 0.293. The van der Waals surface area contributed by atoms with Crippen molar-refractivity contribution in [2.24, 2.45) is 5.92 Å². The van der Waals surface area contributed by atoms with Gasteiger partial charge in [-0.15, -0.1) is 0 Å². The lowest BCUT2D eigenvalue weighted by molar-refractivity contribution is 0.109. The molecule has 5 heteroatoms. The smallest absolute Gasteiger partial charge is 0.231 e. The predicted octanol–water partition coefficient (Wildman–Crippen LogP) is 2.12. The number of aromatic nitrogens is 2. The van der Waals surface area contributed by atoms with E-state index in [1.165, 1.54) is 0 Å². The standard InChI is InChI=1S/C12H23N3O2/c1-7(2)10(8(3)13-5)12-14-11(15-17-12)9(4)16-6/h7-10,13H,1-6H3. The lowest BCUT2D eigenvalue weighted by atomic mass is 9.89. The Hall–Kier alpha value is -0.940. The number of ether oxygens (including phenoxy) is 1.